The summed E-state index contributed by atoms with van der Waals surface area (Å²) in [7, 11) is 3.66. The maximum atomic E-state index is 12.5. The van der Waals surface area contributed by atoms with Crippen molar-refractivity contribution in [3.63, 3.8) is 0 Å². The molecule has 1 unspecified atom stereocenters. The Kier molecular flexibility index (Phi) is 7.86. The molecule has 3 aromatic carbocycles. The van der Waals surface area contributed by atoms with E-state index in [1.807, 2.05) is 60.7 Å². The van der Waals surface area contributed by atoms with Crippen LogP contribution in [0.3, 0.4) is 0 Å². The van der Waals surface area contributed by atoms with Crippen LogP contribution in [-0.2, 0) is 4.79 Å². The maximum Gasteiger partial charge on any atom is 0.275 e. The van der Waals surface area contributed by atoms with Gasteiger partial charge in [-0.1, -0.05) is 72.8 Å². The minimum absolute atomic E-state index is 0.00649. The second-order valence-electron chi connectivity index (χ2n) is 7.13. The molecule has 0 spiro atoms. The van der Waals surface area contributed by atoms with Gasteiger partial charge in [-0.05, 0) is 12.1 Å². The lowest BCUT2D eigenvalue weighted by Gasteiger charge is -2.25. The molecule has 0 heterocycles. The molecule has 0 fully saturated rings. The second-order valence-corrected chi connectivity index (χ2v) is 7.13. The van der Waals surface area contributed by atoms with Gasteiger partial charge in [0, 0.05) is 11.1 Å². The molecule has 5 nitrogen and oxygen atoms in total. The number of para-hydroxylation sites is 2. The third kappa shape index (κ3) is 5.84. The molecule has 2 N–H and O–H groups in total. The molecule has 3 rings (SSSR count). The average Bonchev–Trinajstić information content (AvgIpc) is 2.78. The number of carbonyl (C=O) groups excluding carboxylic acids is 1. The van der Waals surface area contributed by atoms with Crippen LogP contribution in [0.25, 0.3) is 0 Å². The number of likely N-dealkylation sites (N-methyl/N-ethyl adjacent to an activating group) is 1. The largest absolute Gasteiger partial charge is 0.493 e. The van der Waals surface area contributed by atoms with Crippen molar-refractivity contribution in [3.05, 3.63) is 96.1 Å². The Bertz CT molecular complexity index is 876. The Morgan fingerprint density at radius 3 is 1.97 bits per heavy atom. The quantitative estimate of drug-likeness (QED) is 0.510. The normalized spacial score (nSPS) is 11.7. The smallest absolute Gasteiger partial charge is 0.275 e. The molecular formula is C25H29N2O3+. The van der Waals surface area contributed by atoms with Crippen LogP contribution in [0, 0.1) is 0 Å². The number of benzene rings is 3. The number of rotatable bonds is 10. The first-order chi connectivity index (χ1) is 14.7. The zero-order valence-electron chi connectivity index (χ0n) is 17.5. The van der Waals surface area contributed by atoms with E-state index >= 15 is 0 Å². The fraction of sp³-hybridized carbons (Fsp3) is 0.240. The van der Waals surface area contributed by atoms with Crippen molar-refractivity contribution in [2.75, 3.05) is 33.9 Å². The summed E-state index contributed by atoms with van der Waals surface area (Å²) in [5.41, 5.74) is 2.38. The van der Waals surface area contributed by atoms with Crippen molar-refractivity contribution in [1.82, 2.24) is 5.32 Å². The van der Waals surface area contributed by atoms with Crippen molar-refractivity contribution in [3.8, 4) is 11.5 Å². The van der Waals surface area contributed by atoms with Gasteiger partial charge in [0.15, 0.2) is 18.0 Å². The van der Waals surface area contributed by atoms with Gasteiger partial charge in [-0.25, -0.2) is 0 Å². The van der Waals surface area contributed by atoms with E-state index in [9.17, 15) is 4.79 Å². The first-order valence-corrected chi connectivity index (χ1v) is 10.1. The van der Waals surface area contributed by atoms with Crippen molar-refractivity contribution in [2.24, 2.45) is 0 Å². The van der Waals surface area contributed by atoms with E-state index in [2.05, 4.69) is 36.6 Å². The van der Waals surface area contributed by atoms with Crippen LogP contribution in [0.5, 0.6) is 11.5 Å². The van der Waals surface area contributed by atoms with E-state index in [1.54, 1.807) is 7.11 Å². The first-order valence-electron chi connectivity index (χ1n) is 10.1. The van der Waals surface area contributed by atoms with Crippen LogP contribution in [0.4, 0.5) is 0 Å². The molecule has 0 radical (unpaired) electrons. The highest BCUT2D eigenvalue weighted by molar-refractivity contribution is 5.76. The number of carbonyl (C=O) groups is 1. The molecule has 0 aromatic heterocycles. The van der Waals surface area contributed by atoms with Crippen LogP contribution in [0.15, 0.2) is 84.9 Å². The number of amides is 1. The topological polar surface area (TPSA) is 52.0 Å². The molecule has 156 valence electrons. The Balaban J connectivity index is 1.55. The highest BCUT2D eigenvalue weighted by atomic mass is 16.5. The Morgan fingerprint density at radius 1 is 0.867 bits per heavy atom. The van der Waals surface area contributed by atoms with E-state index in [0.29, 0.717) is 31.2 Å². The minimum atomic E-state index is -0.00649. The van der Waals surface area contributed by atoms with Crippen molar-refractivity contribution >= 4 is 5.91 Å². The Hall–Kier alpha value is -3.31. The lowest BCUT2D eigenvalue weighted by atomic mass is 9.97. The fourth-order valence-electron chi connectivity index (χ4n) is 3.56. The molecule has 3 aromatic rings. The molecule has 0 saturated heterocycles. The molecule has 30 heavy (non-hydrogen) atoms. The van der Waals surface area contributed by atoms with Gasteiger partial charge in [0.25, 0.3) is 5.91 Å². The summed E-state index contributed by atoms with van der Waals surface area (Å²) < 4.78 is 11.0. The summed E-state index contributed by atoms with van der Waals surface area (Å²) in [6.45, 7) is 1.18. The predicted octanol–water partition coefficient (Wildman–Crippen LogP) is 2.49. The van der Waals surface area contributed by atoms with Gasteiger partial charge in [0.1, 0.15) is 12.6 Å². The zero-order chi connectivity index (χ0) is 21.2. The summed E-state index contributed by atoms with van der Waals surface area (Å²) in [6.07, 6.45) is 0. The minimum Gasteiger partial charge on any atom is -0.493 e. The molecule has 1 amide bonds. The van der Waals surface area contributed by atoms with Crippen LogP contribution < -0.4 is 19.7 Å². The van der Waals surface area contributed by atoms with Crippen LogP contribution >= 0.6 is 0 Å². The molecule has 0 aliphatic carbocycles. The van der Waals surface area contributed by atoms with Gasteiger partial charge < -0.3 is 19.7 Å². The van der Waals surface area contributed by atoms with E-state index in [1.165, 1.54) is 11.1 Å². The molecule has 0 aliphatic heterocycles. The number of quaternary nitrogens is 1. The predicted molar refractivity (Wildman–Crippen MR) is 118 cm³/mol. The second kappa shape index (κ2) is 11.0. The summed E-state index contributed by atoms with van der Waals surface area (Å²) in [6, 6.07) is 28.2. The fourth-order valence-corrected chi connectivity index (χ4v) is 3.56. The van der Waals surface area contributed by atoms with E-state index < -0.39 is 0 Å². The maximum absolute atomic E-state index is 12.5. The van der Waals surface area contributed by atoms with Gasteiger partial charge in [-0.2, -0.15) is 0 Å². The first kappa shape index (κ1) is 21.4. The van der Waals surface area contributed by atoms with Gasteiger partial charge in [0.05, 0.1) is 20.7 Å². The lowest BCUT2D eigenvalue weighted by molar-refractivity contribution is -0.898. The van der Waals surface area contributed by atoms with Gasteiger partial charge in [0.2, 0.25) is 0 Å². The summed E-state index contributed by atoms with van der Waals surface area (Å²) in [5, 5.41) is 2.95. The summed E-state index contributed by atoms with van der Waals surface area (Å²) >= 11 is 0. The van der Waals surface area contributed by atoms with Gasteiger partial charge in [-0.15, -0.1) is 0 Å². The van der Waals surface area contributed by atoms with Crippen molar-refractivity contribution < 1.29 is 19.2 Å². The summed E-state index contributed by atoms with van der Waals surface area (Å²) in [4.78, 5) is 13.6. The van der Waals surface area contributed by atoms with E-state index in [4.69, 9.17) is 9.47 Å². The number of nitrogens with one attached hydrogen (secondary N) is 2. The van der Waals surface area contributed by atoms with E-state index in [-0.39, 0.29) is 11.9 Å². The molecular weight excluding hydrogens is 376 g/mol. The zero-order valence-corrected chi connectivity index (χ0v) is 17.5. The number of ether oxygens (including phenoxy) is 2. The highest BCUT2D eigenvalue weighted by Gasteiger charge is 2.24. The third-order valence-electron chi connectivity index (χ3n) is 4.95. The standard InChI is InChI=1S/C25H28N2O3/c1-27(25(20-11-5-3-6-12-20)21-13-7-4-8-14-21)19-24(28)26-17-18-30-23-16-10-9-15-22(23)29-2/h3-16,25H,17-19H2,1-2H3,(H,26,28)/p+1. The van der Waals surface area contributed by atoms with Gasteiger partial charge in [-0.3, -0.25) is 4.79 Å². The number of hydrogen-bond acceptors (Lipinski definition) is 3. The molecule has 0 bridgehead atoms. The highest BCUT2D eigenvalue weighted by Crippen LogP contribution is 2.25. The SMILES string of the molecule is COc1ccccc1OCCNC(=O)C[NH+](C)C(c1ccccc1)c1ccccc1. The third-order valence-corrected chi connectivity index (χ3v) is 4.95. The number of hydrogen-bond donors (Lipinski definition) is 2. The lowest BCUT2D eigenvalue weighted by Crippen LogP contribution is -3.10. The molecule has 0 aliphatic rings. The molecule has 1 atom stereocenters. The van der Waals surface area contributed by atoms with Crippen LogP contribution in [0.2, 0.25) is 0 Å². The molecule has 0 saturated carbocycles. The van der Waals surface area contributed by atoms with E-state index in [0.717, 1.165) is 4.90 Å². The average molecular weight is 406 g/mol. The van der Waals surface area contributed by atoms with Crippen LogP contribution in [-0.4, -0.2) is 39.8 Å². The molecule has 5 heteroatoms. The Morgan fingerprint density at radius 2 is 1.40 bits per heavy atom. The van der Waals surface area contributed by atoms with Crippen molar-refractivity contribution in [1.29, 1.82) is 0 Å². The van der Waals surface area contributed by atoms with Crippen molar-refractivity contribution in [2.45, 2.75) is 6.04 Å². The van der Waals surface area contributed by atoms with Crippen LogP contribution in [0.1, 0.15) is 17.2 Å². The number of methoxy groups -OCH3 is 1. The monoisotopic (exact) mass is 405 g/mol. The Labute approximate surface area is 178 Å². The summed E-state index contributed by atoms with van der Waals surface area (Å²) in [5.74, 6) is 1.35. The van der Waals surface area contributed by atoms with Gasteiger partial charge >= 0.3 is 0 Å².